The molecule has 0 fully saturated rings. The van der Waals surface area contributed by atoms with E-state index in [0.717, 1.165) is 0 Å². The highest BCUT2D eigenvalue weighted by molar-refractivity contribution is 5.89. The molecule has 0 atom stereocenters. The van der Waals surface area contributed by atoms with E-state index < -0.39 is 30.3 Å². The molecule has 0 bridgehead atoms. The fourth-order valence-corrected chi connectivity index (χ4v) is 0.161. The fraction of sp³-hybridized carbons (Fsp3) is 0.286. The SMILES string of the molecule is C=C.FC(F)=C(F)F.O=C(C(F)(F)F)C(F)(F)F. The highest BCUT2D eigenvalue weighted by Crippen LogP contribution is 2.28. The number of hydrogen-bond donors (Lipinski definition) is 0. The molecule has 0 radical (unpaired) electrons. The van der Waals surface area contributed by atoms with Gasteiger partial charge in [-0.2, -0.15) is 43.9 Å². The lowest BCUT2D eigenvalue weighted by Crippen LogP contribution is -2.36. The van der Waals surface area contributed by atoms with Crippen molar-refractivity contribution in [1.82, 2.24) is 0 Å². The van der Waals surface area contributed by atoms with Crippen molar-refractivity contribution in [2.75, 3.05) is 0 Å². The molecule has 1 nitrogen and oxygen atoms in total. The average Bonchev–Trinajstić information content (AvgIpc) is 2.17. The first-order valence-corrected chi connectivity index (χ1v) is 3.34. The summed E-state index contributed by atoms with van der Waals surface area (Å²) in [5.41, 5.74) is 0. The molecular weight excluding hydrogens is 290 g/mol. The second kappa shape index (κ2) is 8.53. The largest absolute Gasteiger partial charge is 0.459 e. The normalized spacial score (nSPS) is 10.3. The van der Waals surface area contributed by atoms with Crippen molar-refractivity contribution in [3.63, 3.8) is 0 Å². The van der Waals surface area contributed by atoms with E-state index in [0.29, 0.717) is 0 Å². The molecule has 108 valence electrons. The molecule has 11 heteroatoms. The van der Waals surface area contributed by atoms with Crippen LogP contribution in [-0.4, -0.2) is 18.1 Å². The van der Waals surface area contributed by atoms with E-state index in [1.807, 2.05) is 0 Å². The second-order valence-electron chi connectivity index (χ2n) is 1.85. The minimum absolute atomic E-state index is 2.91. The second-order valence-corrected chi connectivity index (χ2v) is 1.85. The Kier molecular flexibility index (Phi) is 10.3. The quantitative estimate of drug-likeness (QED) is 0.476. The molecule has 0 aliphatic carbocycles. The highest BCUT2D eigenvalue weighted by Gasteiger charge is 2.55. The van der Waals surface area contributed by atoms with Gasteiger partial charge in [-0.25, -0.2) is 0 Å². The van der Waals surface area contributed by atoms with E-state index in [1.54, 1.807) is 0 Å². The predicted octanol–water partition coefficient (Wildman–Crippen LogP) is 4.47. The minimum atomic E-state index is -5.82. The lowest BCUT2D eigenvalue weighted by molar-refractivity contribution is -0.217. The van der Waals surface area contributed by atoms with Gasteiger partial charge in [-0.05, 0) is 0 Å². The smallest absolute Gasteiger partial charge is 0.279 e. The standard InChI is InChI=1S/C3F6O.C2F4.C2H4/c4-2(5,6)1(10)3(7,8)9;3-1(4)2(5)6;1-2/h;;1-2H2. The van der Waals surface area contributed by atoms with Crippen molar-refractivity contribution in [2.24, 2.45) is 0 Å². The van der Waals surface area contributed by atoms with Gasteiger partial charge < -0.3 is 0 Å². The van der Waals surface area contributed by atoms with Gasteiger partial charge in [-0.15, -0.1) is 13.2 Å². The molecule has 0 unspecified atom stereocenters. The summed E-state index contributed by atoms with van der Waals surface area (Å²) in [6, 6.07) is 0. The van der Waals surface area contributed by atoms with Crippen LogP contribution < -0.4 is 0 Å². The fourth-order valence-electron chi connectivity index (χ4n) is 0.161. The van der Waals surface area contributed by atoms with E-state index in [2.05, 4.69) is 13.2 Å². The molecule has 0 aromatic carbocycles. The van der Waals surface area contributed by atoms with Gasteiger partial charge in [0, 0.05) is 0 Å². The maximum absolute atomic E-state index is 10.9. The molecular formula is C7H4F10O. The maximum atomic E-state index is 10.9. The lowest BCUT2D eigenvalue weighted by atomic mass is 10.4. The third kappa shape index (κ3) is 12.5. The van der Waals surface area contributed by atoms with Gasteiger partial charge in [-0.3, -0.25) is 4.79 Å². The van der Waals surface area contributed by atoms with Gasteiger partial charge in [0.1, 0.15) is 0 Å². The summed E-state index contributed by atoms with van der Waals surface area (Å²) < 4.78 is 106. The highest BCUT2D eigenvalue weighted by atomic mass is 19.4. The van der Waals surface area contributed by atoms with Gasteiger partial charge in [-0.1, -0.05) is 0 Å². The Morgan fingerprint density at radius 2 is 0.833 bits per heavy atom. The van der Waals surface area contributed by atoms with Crippen LogP contribution in [0.1, 0.15) is 0 Å². The third-order valence-electron chi connectivity index (χ3n) is 0.658. The van der Waals surface area contributed by atoms with Crippen LogP contribution >= 0.6 is 0 Å². The van der Waals surface area contributed by atoms with Crippen molar-refractivity contribution in [1.29, 1.82) is 0 Å². The number of hydrogen-bond acceptors (Lipinski definition) is 1. The predicted molar refractivity (Wildman–Crippen MR) is 39.8 cm³/mol. The van der Waals surface area contributed by atoms with Crippen LogP contribution in [0.5, 0.6) is 0 Å². The topological polar surface area (TPSA) is 17.1 Å². The summed E-state index contributed by atoms with van der Waals surface area (Å²) in [5.74, 6) is -3.68. The number of carbonyl (C=O) groups excluding carboxylic acids is 1. The molecule has 0 aliphatic heterocycles. The van der Waals surface area contributed by atoms with Crippen LogP contribution in [-0.2, 0) is 4.79 Å². The number of Topliss-reactive ketones (excluding diaryl/α,β-unsaturated/α-hetero) is 1. The molecule has 0 saturated carbocycles. The first-order valence-electron chi connectivity index (χ1n) is 3.34. The van der Waals surface area contributed by atoms with Crippen LogP contribution in [0, 0.1) is 0 Å². The van der Waals surface area contributed by atoms with Crippen molar-refractivity contribution in [3.8, 4) is 0 Å². The zero-order chi connectivity index (χ0) is 15.7. The Balaban J connectivity index is -0.000000241. The molecule has 0 aliphatic rings. The summed E-state index contributed by atoms with van der Waals surface area (Å²) in [4.78, 5) is 9.24. The molecule has 0 aromatic rings. The third-order valence-corrected chi connectivity index (χ3v) is 0.658. The Bertz CT molecular complexity index is 252. The molecule has 0 spiro atoms. The van der Waals surface area contributed by atoms with E-state index in [4.69, 9.17) is 0 Å². The minimum Gasteiger partial charge on any atom is -0.279 e. The number of alkyl halides is 6. The van der Waals surface area contributed by atoms with Crippen LogP contribution in [0.15, 0.2) is 25.3 Å². The average molecular weight is 294 g/mol. The maximum Gasteiger partial charge on any atom is 0.459 e. The molecule has 0 aromatic heterocycles. The molecule has 0 amide bonds. The number of ketones is 1. The zero-order valence-electron chi connectivity index (χ0n) is 8.10. The van der Waals surface area contributed by atoms with Crippen LogP contribution in [0.3, 0.4) is 0 Å². The Morgan fingerprint density at radius 1 is 0.667 bits per heavy atom. The Hall–Kier alpha value is -1.55. The van der Waals surface area contributed by atoms with Gasteiger partial charge in [0.15, 0.2) is 0 Å². The first kappa shape index (κ1) is 21.7. The van der Waals surface area contributed by atoms with Crippen molar-refractivity contribution < 1.29 is 48.7 Å². The van der Waals surface area contributed by atoms with Gasteiger partial charge in [0.2, 0.25) is 0 Å². The Labute approximate surface area is 93.4 Å². The van der Waals surface area contributed by atoms with Crippen molar-refractivity contribution in [2.45, 2.75) is 12.4 Å². The van der Waals surface area contributed by atoms with Crippen molar-refractivity contribution >= 4 is 5.78 Å². The van der Waals surface area contributed by atoms with Crippen LogP contribution in [0.4, 0.5) is 43.9 Å². The summed E-state index contributed by atoms with van der Waals surface area (Å²) in [7, 11) is 0. The summed E-state index contributed by atoms with van der Waals surface area (Å²) >= 11 is 0. The van der Waals surface area contributed by atoms with E-state index in [9.17, 15) is 48.7 Å². The van der Waals surface area contributed by atoms with Gasteiger partial charge in [0.25, 0.3) is 0 Å². The monoisotopic (exact) mass is 294 g/mol. The van der Waals surface area contributed by atoms with Crippen LogP contribution in [0.25, 0.3) is 0 Å². The summed E-state index contributed by atoms with van der Waals surface area (Å²) in [5, 5.41) is 0. The molecule has 0 heterocycles. The number of rotatable bonds is 0. The number of halogens is 10. The van der Waals surface area contributed by atoms with E-state index >= 15 is 0 Å². The molecule has 0 N–H and O–H groups in total. The van der Waals surface area contributed by atoms with Gasteiger partial charge >= 0.3 is 30.3 Å². The van der Waals surface area contributed by atoms with E-state index in [1.165, 1.54) is 0 Å². The Morgan fingerprint density at radius 3 is 0.833 bits per heavy atom. The first-order chi connectivity index (χ1) is 7.80. The van der Waals surface area contributed by atoms with Gasteiger partial charge in [0.05, 0.1) is 0 Å². The summed E-state index contributed by atoms with van der Waals surface area (Å²) in [6.07, 6.45) is -17.5. The zero-order valence-corrected chi connectivity index (χ0v) is 8.10. The molecule has 0 saturated heterocycles. The van der Waals surface area contributed by atoms with Crippen LogP contribution in [0.2, 0.25) is 0 Å². The van der Waals surface area contributed by atoms with Crippen molar-refractivity contribution in [3.05, 3.63) is 25.3 Å². The lowest BCUT2D eigenvalue weighted by Gasteiger charge is -2.06. The van der Waals surface area contributed by atoms with E-state index in [-0.39, 0.29) is 0 Å². The number of carbonyl (C=O) groups is 1. The summed E-state index contributed by atoms with van der Waals surface area (Å²) in [6.45, 7) is 6.00. The molecule has 18 heavy (non-hydrogen) atoms. The molecule has 0 rings (SSSR count).